The van der Waals surface area contributed by atoms with E-state index in [2.05, 4.69) is 53.8 Å². The lowest BCUT2D eigenvalue weighted by Crippen LogP contribution is -2.25. The number of rotatable bonds is 6. The molecule has 0 saturated carbocycles. The minimum atomic E-state index is 0.0621. The van der Waals surface area contributed by atoms with E-state index in [-0.39, 0.29) is 6.04 Å². The molecule has 2 aromatic rings. The van der Waals surface area contributed by atoms with Crippen LogP contribution in [0.5, 0.6) is 0 Å². The van der Waals surface area contributed by atoms with Gasteiger partial charge < -0.3 is 4.42 Å². The van der Waals surface area contributed by atoms with Crippen molar-refractivity contribution in [1.82, 2.24) is 15.5 Å². The molecule has 19 heavy (non-hydrogen) atoms. The molecule has 0 amide bonds. The zero-order chi connectivity index (χ0) is 13.8. The summed E-state index contributed by atoms with van der Waals surface area (Å²) in [4.78, 5) is 1.36. The third-order valence-corrected chi connectivity index (χ3v) is 3.94. The van der Waals surface area contributed by atoms with Crippen molar-refractivity contribution in [2.45, 2.75) is 46.2 Å². The van der Waals surface area contributed by atoms with Crippen LogP contribution in [0.15, 0.2) is 21.9 Å². The average Bonchev–Trinajstić information content (AvgIpc) is 2.97. The largest absolute Gasteiger partial charge is 0.424 e. The normalized spacial score (nSPS) is 14.8. The molecule has 2 rings (SSSR count). The van der Waals surface area contributed by atoms with Crippen molar-refractivity contribution in [2.75, 3.05) is 0 Å². The van der Waals surface area contributed by atoms with Gasteiger partial charge >= 0.3 is 0 Å². The van der Waals surface area contributed by atoms with Crippen LogP contribution >= 0.6 is 11.3 Å². The van der Waals surface area contributed by atoms with Gasteiger partial charge in [0.1, 0.15) is 0 Å². The van der Waals surface area contributed by atoms with Crippen molar-refractivity contribution >= 4 is 11.3 Å². The zero-order valence-corrected chi connectivity index (χ0v) is 12.7. The number of hydrogen-bond donors (Lipinski definition) is 1. The van der Waals surface area contributed by atoms with Gasteiger partial charge in [-0.05, 0) is 30.7 Å². The van der Waals surface area contributed by atoms with Crippen molar-refractivity contribution < 1.29 is 4.42 Å². The molecule has 104 valence electrons. The molecule has 0 unspecified atom stereocenters. The van der Waals surface area contributed by atoms with Crippen LogP contribution in [0, 0.1) is 12.8 Å². The highest BCUT2D eigenvalue weighted by Gasteiger charge is 2.20. The fraction of sp³-hybridized carbons (Fsp3) is 0.571. The van der Waals surface area contributed by atoms with E-state index in [1.807, 2.05) is 6.92 Å². The molecule has 1 N–H and O–H groups in total. The molecule has 0 bridgehead atoms. The summed E-state index contributed by atoms with van der Waals surface area (Å²) in [6.45, 7) is 8.36. The molecule has 0 fully saturated rings. The Balaban J connectivity index is 2.07. The van der Waals surface area contributed by atoms with E-state index in [9.17, 15) is 0 Å². The molecule has 2 heterocycles. The second-order valence-electron chi connectivity index (χ2n) is 5.25. The van der Waals surface area contributed by atoms with E-state index in [0.717, 1.165) is 6.42 Å². The lowest BCUT2D eigenvalue weighted by atomic mass is 10.0. The highest BCUT2D eigenvalue weighted by molar-refractivity contribution is 7.10. The number of aromatic nitrogens is 2. The molecule has 0 aliphatic rings. The van der Waals surface area contributed by atoms with Crippen LogP contribution < -0.4 is 5.32 Å². The van der Waals surface area contributed by atoms with Crippen LogP contribution in [-0.4, -0.2) is 10.2 Å². The van der Waals surface area contributed by atoms with Crippen LogP contribution in [0.4, 0.5) is 0 Å². The molecular weight excluding hydrogens is 258 g/mol. The molecule has 0 aromatic carbocycles. The summed E-state index contributed by atoms with van der Waals surface area (Å²) < 4.78 is 5.49. The van der Waals surface area contributed by atoms with Crippen molar-refractivity contribution in [2.24, 2.45) is 5.92 Å². The van der Waals surface area contributed by atoms with Gasteiger partial charge in [-0.3, -0.25) is 5.32 Å². The Labute approximate surface area is 118 Å². The van der Waals surface area contributed by atoms with Crippen molar-refractivity contribution in [3.63, 3.8) is 0 Å². The minimum Gasteiger partial charge on any atom is -0.424 e. The number of hydrogen-bond acceptors (Lipinski definition) is 5. The maximum Gasteiger partial charge on any atom is 0.233 e. The average molecular weight is 279 g/mol. The molecule has 2 aromatic heterocycles. The smallest absolute Gasteiger partial charge is 0.233 e. The van der Waals surface area contributed by atoms with Gasteiger partial charge in [-0.1, -0.05) is 19.9 Å². The first-order chi connectivity index (χ1) is 9.06. The quantitative estimate of drug-likeness (QED) is 0.872. The number of aryl methyl sites for hydroxylation is 1. The molecule has 0 spiro atoms. The molecule has 4 nitrogen and oxygen atoms in total. The summed E-state index contributed by atoms with van der Waals surface area (Å²) >= 11 is 1.79. The number of thiophene rings is 1. The molecule has 5 heteroatoms. The zero-order valence-electron chi connectivity index (χ0n) is 11.9. The SMILES string of the molecule is Cc1nnc([C@@H](C)N[C@@H](CC(C)C)c2cccs2)o1. The van der Waals surface area contributed by atoms with Crippen molar-refractivity contribution in [3.8, 4) is 0 Å². The Bertz CT molecular complexity index is 493. The monoisotopic (exact) mass is 279 g/mol. The summed E-state index contributed by atoms with van der Waals surface area (Å²) in [5.41, 5.74) is 0. The van der Waals surface area contributed by atoms with E-state index in [0.29, 0.717) is 23.7 Å². The fourth-order valence-electron chi connectivity index (χ4n) is 2.09. The maximum atomic E-state index is 5.49. The van der Waals surface area contributed by atoms with Gasteiger partial charge in [0.2, 0.25) is 11.8 Å². The van der Waals surface area contributed by atoms with Crippen molar-refractivity contribution in [1.29, 1.82) is 0 Å². The van der Waals surface area contributed by atoms with Gasteiger partial charge in [-0.25, -0.2) is 0 Å². The van der Waals surface area contributed by atoms with E-state index in [1.165, 1.54) is 4.88 Å². The summed E-state index contributed by atoms with van der Waals surface area (Å²) in [5, 5.41) is 13.7. The number of nitrogens with one attached hydrogen (secondary N) is 1. The van der Waals surface area contributed by atoms with E-state index in [4.69, 9.17) is 4.42 Å². The van der Waals surface area contributed by atoms with E-state index < -0.39 is 0 Å². The van der Waals surface area contributed by atoms with E-state index >= 15 is 0 Å². The fourth-order valence-corrected chi connectivity index (χ4v) is 2.89. The summed E-state index contributed by atoms with van der Waals surface area (Å²) in [5.74, 6) is 1.90. The first-order valence-corrected chi connectivity index (χ1v) is 7.53. The third kappa shape index (κ3) is 3.88. The first kappa shape index (κ1) is 14.2. The third-order valence-electron chi connectivity index (χ3n) is 2.96. The van der Waals surface area contributed by atoms with Crippen LogP contribution in [-0.2, 0) is 0 Å². The Kier molecular flexibility index (Phi) is 4.71. The maximum absolute atomic E-state index is 5.49. The van der Waals surface area contributed by atoms with Gasteiger partial charge in [-0.2, -0.15) is 0 Å². The number of nitrogens with zero attached hydrogens (tertiary/aromatic N) is 2. The van der Waals surface area contributed by atoms with Gasteiger partial charge in [0.25, 0.3) is 0 Å². The summed E-state index contributed by atoms with van der Waals surface area (Å²) in [6, 6.07) is 4.67. The molecule has 0 radical (unpaired) electrons. The summed E-state index contributed by atoms with van der Waals surface area (Å²) in [6.07, 6.45) is 1.10. The molecular formula is C14H21N3OS. The highest BCUT2D eigenvalue weighted by atomic mass is 32.1. The Morgan fingerprint density at radius 1 is 1.32 bits per heavy atom. The van der Waals surface area contributed by atoms with Crippen LogP contribution in [0.2, 0.25) is 0 Å². The van der Waals surface area contributed by atoms with Gasteiger partial charge in [0.15, 0.2) is 0 Å². The highest BCUT2D eigenvalue weighted by Crippen LogP contribution is 2.28. The lowest BCUT2D eigenvalue weighted by molar-refractivity contribution is 0.346. The van der Waals surface area contributed by atoms with Crippen LogP contribution in [0.1, 0.15) is 55.9 Å². The van der Waals surface area contributed by atoms with E-state index in [1.54, 1.807) is 11.3 Å². The second kappa shape index (κ2) is 6.30. The molecule has 0 saturated heterocycles. The Hall–Kier alpha value is -1.20. The van der Waals surface area contributed by atoms with Crippen molar-refractivity contribution in [3.05, 3.63) is 34.2 Å². The second-order valence-corrected chi connectivity index (χ2v) is 6.22. The predicted molar refractivity (Wildman–Crippen MR) is 77.1 cm³/mol. The minimum absolute atomic E-state index is 0.0621. The Morgan fingerprint density at radius 3 is 2.63 bits per heavy atom. The van der Waals surface area contributed by atoms with Gasteiger partial charge in [0, 0.05) is 17.8 Å². The van der Waals surface area contributed by atoms with Gasteiger partial charge in [0.05, 0.1) is 6.04 Å². The van der Waals surface area contributed by atoms with Crippen LogP contribution in [0.25, 0.3) is 0 Å². The lowest BCUT2D eigenvalue weighted by Gasteiger charge is -2.22. The molecule has 0 aliphatic heterocycles. The topological polar surface area (TPSA) is 51.0 Å². The van der Waals surface area contributed by atoms with Crippen LogP contribution in [0.3, 0.4) is 0 Å². The molecule has 0 aliphatic carbocycles. The summed E-state index contributed by atoms with van der Waals surface area (Å²) in [7, 11) is 0. The Morgan fingerprint density at radius 2 is 2.11 bits per heavy atom. The first-order valence-electron chi connectivity index (χ1n) is 6.65. The predicted octanol–water partition coefficient (Wildman–Crippen LogP) is 3.88. The van der Waals surface area contributed by atoms with Gasteiger partial charge in [-0.15, -0.1) is 21.5 Å². The molecule has 2 atom stereocenters. The standard InChI is InChI=1S/C14H21N3OS/c1-9(2)8-12(13-6-5-7-19-13)15-10(3)14-17-16-11(4)18-14/h5-7,9-10,12,15H,8H2,1-4H3/t10-,12+/m1/s1.